The molecule has 0 spiro atoms. The predicted molar refractivity (Wildman–Crippen MR) is 88.6 cm³/mol. The summed E-state index contributed by atoms with van der Waals surface area (Å²) in [6.07, 6.45) is 0. The van der Waals surface area contributed by atoms with Crippen molar-refractivity contribution in [2.24, 2.45) is 5.41 Å². The first kappa shape index (κ1) is 18.4. The lowest BCUT2D eigenvalue weighted by atomic mass is 9.92. The van der Waals surface area contributed by atoms with Crippen molar-refractivity contribution < 1.29 is 24.3 Å². The zero-order chi connectivity index (χ0) is 18.6. The standard InChI is InChI=1S/C17H21N3O5/c1-17(2,16(24)25)15(23)19-9-11-3-5-12(6-4-11)14(22)20-8-7-18-13(21)10-20/h3-6H,7-10H2,1-2H3,(H,18,21)(H,19,23)(H,24,25). The molecule has 3 N–H and O–H groups in total. The van der Waals surface area contributed by atoms with Crippen LogP contribution < -0.4 is 10.6 Å². The van der Waals surface area contributed by atoms with Gasteiger partial charge in [0, 0.05) is 25.2 Å². The van der Waals surface area contributed by atoms with E-state index in [0.717, 1.165) is 5.56 Å². The van der Waals surface area contributed by atoms with Crippen molar-refractivity contribution in [2.45, 2.75) is 20.4 Å². The van der Waals surface area contributed by atoms with E-state index in [4.69, 9.17) is 5.11 Å². The van der Waals surface area contributed by atoms with Crippen LogP contribution in [-0.4, -0.2) is 53.3 Å². The third-order valence-electron chi connectivity index (χ3n) is 4.08. The van der Waals surface area contributed by atoms with Gasteiger partial charge in [0.15, 0.2) is 0 Å². The Morgan fingerprint density at radius 3 is 2.44 bits per heavy atom. The minimum Gasteiger partial charge on any atom is -0.480 e. The molecule has 8 heteroatoms. The molecule has 0 unspecified atom stereocenters. The Balaban J connectivity index is 1.96. The van der Waals surface area contributed by atoms with Crippen molar-refractivity contribution in [3.05, 3.63) is 35.4 Å². The molecule has 1 aliphatic heterocycles. The minimum atomic E-state index is -1.51. The maximum absolute atomic E-state index is 12.3. The van der Waals surface area contributed by atoms with E-state index in [1.54, 1.807) is 24.3 Å². The zero-order valence-electron chi connectivity index (χ0n) is 14.2. The van der Waals surface area contributed by atoms with Crippen LogP contribution in [0.15, 0.2) is 24.3 Å². The second kappa shape index (κ2) is 7.33. The number of hydrogen-bond donors (Lipinski definition) is 3. The third-order valence-corrected chi connectivity index (χ3v) is 4.08. The molecule has 0 saturated carbocycles. The molecule has 1 aromatic rings. The highest BCUT2D eigenvalue weighted by Gasteiger charge is 2.35. The molecular weight excluding hydrogens is 326 g/mol. The van der Waals surface area contributed by atoms with Gasteiger partial charge < -0.3 is 20.6 Å². The van der Waals surface area contributed by atoms with Crippen LogP contribution in [0.4, 0.5) is 0 Å². The van der Waals surface area contributed by atoms with Gasteiger partial charge in [-0.2, -0.15) is 0 Å². The van der Waals surface area contributed by atoms with Gasteiger partial charge in [0.25, 0.3) is 5.91 Å². The maximum Gasteiger partial charge on any atom is 0.318 e. The summed E-state index contributed by atoms with van der Waals surface area (Å²) in [6, 6.07) is 6.62. The fourth-order valence-corrected chi connectivity index (χ4v) is 2.26. The first-order valence-electron chi connectivity index (χ1n) is 7.88. The Morgan fingerprint density at radius 2 is 1.88 bits per heavy atom. The van der Waals surface area contributed by atoms with Crippen LogP contribution in [0.5, 0.6) is 0 Å². The summed E-state index contributed by atoms with van der Waals surface area (Å²) in [6.45, 7) is 3.78. The van der Waals surface area contributed by atoms with E-state index in [1.807, 2.05) is 0 Å². The summed E-state index contributed by atoms with van der Waals surface area (Å²) < 4.78 is 0. The highest BCUT2D eigenvalue weighted by molar-refractivity contribution is 6.01. The Labute approximate surface area is 145 Å². The van der Waals surface area contributed by atoms with Crippen LogP contribution >= 0.6 is 0 Å². The van der Waals surface area contributed by atoms with E-state index >= 15 is 0 Å². The normalized spacial score (nSPS) is 14.6. The van der Waals surface area contributed by atoms with E-state index in [1.165, 1.54) is 18.7 Å². The molecule has 1 aliphatic rings. The molecule has 2 rings (SSSR count). The van der Waals surface area contributed by atoms with E-state index in [2.05, 4.69) is 10.6 Å². The van der Waals surface area contributed by atoms with Gasteiger partial charge >= 0.3 is 5.97 Å². The van der Waals surface area contributed by atoms with Crippen LogP contribution in [0.2, 0.25) is 0 Å². The van der Waals surface area contributed by atoms with Crippen LogP contribution in [0.3, 0.4) is 0 Å². The second-order valence-electron chi connectivity index (χ2n) is 6.39. The van der Waals surface area contributed by atoms with Crippen molar-refractivity contribution in [3.8, 4) is 0 Å². The number of carboxylic acid groups (broad SMARTS) is 1. The summed E-state index contributed by atoms with van der Waals surface area (Å²) in [5.41, 5.74) is -0.316. The van der Waals surface area contributed by atoms with Gasteiger partial charge in [0.05, 0.1) is 6.54 Å². The van der Waals surface area contributed by atoms with Crippen molar-refractivity contribution in [1.29, 1.82) is 0 Å². The van der Waals surface area contributed by atoms with Crippen molar-refractivity contribution in [1.82, 2.24) is 15.5 Å². The highest BCUT2D eigenvalue weighted by atomic mass is 16.4. The summed E-state index contributed by atoms with van der Waals surface area (Å²) in [7, 11) is 0. The average Bonchev–Trinajstić information content (AvgIpc) is 2.59. The van der Waals surface area contributed by atoms with Gasteiger partial charge in [0.2, 0.25) is 11.8 Å². The molecule has 3 amide bonds. The van der Waals surface area contributed by atoms with Crippen LogP contribution in [0.1, 0.15) is 29.8 Å². The topological polar surface area (TPSA) is 116 Å². The molecule has 134 valence electrons. The largest absolute Gasteiger partial charge is 0.480 e. The van der Waals surface area contributed by atoms with Crippen molar-refractivity contribution in [3.63, 3.8) is 0 Å². The second-order valence-corrected chi connectivity index (χ2v) is 6.39. The molecule has 0 aliphatic carbocycles. The average molecular weight is 347 g/mol. The number of carbonyl (C=O) groups is 4. The lowest BCUT2D eigenvalue weighted by Crippen LogP contribution is -2.49. The first-order valence-corrected chi connectivity index (χ1v) is 7.88. The van der Waals surface area contributed by atoms with Gasteiger partial charge in [-0.25, -0.2) is 0 Å². The number of aliphatic carboxylic acids is 1. The van der Waals surface area contributed by atoms with Crippen LogP contribution in [0, 0.1) is 5.41 Å². The molecular formula is C17H21N3O5. The van der Waals surface area contributed by atoms with E-state index < -0.39 is 17.3 Å². The first-order chi connectivity index (χ1) is 11.7. The van der Waals surface area contributed by atoms with E-state index in [-0.39, 0.29) is 24.9 Å². The smallest absolute Gasteiger partial charge is 0.318 e. The van der Waals surface area contributed by atoms with Crippen LogP contribution in [0.25, 0.3) is 0 Å². The molecule has 1 saturated heterocycles. The summed E-state index contributed by atoms with van der Waals surface area (Å²) in [4.78, 5) is 48.1. The quantitative estimate of drug-likeness (QED) is 0.648. The molecule has 0 radical (unpaired) electrons. The number of carbonyl (C=O) groups excluding carboxylic acids is 3. The van der Waals surface area contributed by atoms with Gasteiger partial charge in [-0.3, -0.25) is 19.2 Å². The van der Waals surface area contributed by atoms with Gasteiger partial charge in [0.1, 0.15) is 5.41 Å². The SMILES string of the molecule is CC(C)(C(=O)O)C(=O)NCc1ccc(C(=O)N2CCNC(=O)C2)cc1. The maximum atomic E-state index is 12.3. The third kappa shape index (κ3) is 4.34. The predicted octanol–water partition coefficient (Wildman–Crippen LogP) is -0.0144. The van der Waals surface area contributed by atoms with E-state index in [0.29, 0.717) is 18.7 Å². The Hall–Kier alpha value is -2.90. The zero-order valence-corrected chi connectivity index (χ0v) is 14.2. The lowest BCUT2D eigenvalue weighted by molar-refractivity contribution is -0.153. The van der Waals surface area contributed by atoms with Crippen molar-refractivity contribution in [2.75, 3.05) is 19.6 Å². The van der Waals surface area contributed by atoms with Crippen molar-refractivity contribution >= 4 is 23.7 Å². The monoisotopic (exact) mass is 347 g/mol. The van der Waals surface area contributed by atoms with Crippen LogP contribution in [-0.2, 0) is 20.9 Å². The molecule has 1 aromatic carbocycles. The van der Waals surface area contributed by atoms with Gasteiger partial charge in [-0.05, 0) is 31.5 Å². The van der Waals surface area contributed by atoms with Gasteiger partial charge in [-0.1, -0.05) is 12.1 Å². The molecule has 0 aromatic heterocycles. The highest BCUT2D eigenvalue weighted by Crippen LogP contribution is 2.15. The summed E-state index contributed by atoms with van der Waals surface area (Å²) in [5, 5.41) is 14.2. The Bertz CT molecular complexity index is 697. The number of nitrogens with one attached hydrogen (secondary N) is 2. The fraction of sp³-hybridized carbons (Fsp3) is 0.412. The Kier molecular flexibility index (Phi) is 5.41. The lowest BCUT2D eigenvalue weighted by Gasteiger charge is -2.26. The number of rotatable bonds is 5. The number of nitrogens with zero attached hydrogens (tertiary/aromatic N) is 1. The number of hydrogen-bond acceptors (Lipinski definition) is 4. The minimum absolute atomic E-state index is 0.0426. The number of piperazine rings is 1. The number of benzene rings is 1. The number of amides is 3. The van der Waals surface area contributed by atoms with E-state index in [9.17, 15) is 19.2 Å². The molecule has 25 heavy (non-hydrogen) atoms. The molecule has 0 bridgehead atoms. The molecule has 1 fully saturated rings. The molecule has 8 nitrogen and oxygen atoms in total. The summed E-state index contributed by atoms with van der Waals surface area (Å²) in [5.74, 6) is -2.19. The molecule has 0 atom stereocenters. The van der Waals surface area contributed by atoms with Gasteiger partial charge in [-0.15, -0.1) is 0 Å². The fourth-order valence-electron chi connectivity index (χ4n) is 2.26. The Morgan fingerprint density at radius 1 is 1.24 bits per heavy atom. The number of carboxylic acids is 1. The summed E-state index contributed by atoms with van der Waals surface area (Å²) >= 11 is 0. The molecule has 1 heterocycles.